The van der Waals surface area contributed by atoms with Crippen LogP contribution >= 0.6 is 23.5 Å². The van der Waals surface area contributed by atoms with Crippen molar-refractivity contribution in [2.45, 2.75) is 48.8 Å². The molecule has 0 aromatic carbocycles. The number of carbonyl (C=O) groups excluding carboxylic acids is 1. The zero-order valence-electron chi connectivity index (χ0n) is 11.9. The number of nitrogens with one attached hydrogen (secondary N) is 1. The molecule has 2 rings (SSSR count). The molecule has 1 fully saturated rings. The van der Waals surface area contributed by atoms with Gasteiger partial charge in [0.15, 0.2) is 0 Å². The molecule has 0 bridgehead atoms. The molecule has 1 aliphatic rings. The lowest BCUT2D eigenvalue weighted by atomic mass is 9.95. The fourth-order valence-corrected chi connectivity index (χ4v) is 4.40. The molecule has 0 spiro atoms. The summed E-state index contributed by atoms with van der Waals surface area (Å²) in [5.74, 6) is 1.77. The van der Waals surface area contributed by atoms with Gasteiger partial charge in [0.05, 0.1) is 5.75 Å². The second-order valence-electron chi connectivity index (χ2n) is 4.92. The van der Waals surface area contributed by atoms with E-state index in [1.54, 1.807) is 24.2 Å². The number of aromatic nitrogens is 1. The van der Waals surface area contributed by atoms with Crippen molar-refractivity contribution in [2.75, 3.05) is 11.5 Å². The van der Waals surface area contributed by atoms with Crippen molar-refractivity contribution in [1.82, 2.24) is 10.3 Å². The van der Waals surface area contributed by atoms with E-state index in [0.29, 0.717) is 17.0 Å². The lowest BCUT2D eigenvalue weighted by molar-refractivity contribution is -0.119. The lowest BCUT2D eigenvalue weighted by Crippen LogP contribution is -2.44. The number of hydrogen-bond acceptors (Lipinski definition) is 4. The minimum absolute atomic E-state index is 0.153. The summed E-state index contributed by atoms with van der Waals surface area (Å²) in [6, 6.07) is 4.24. The molecule has 1 aromatic rings. The Bertz CT molecular complexity index is 412. The van der Waals surface area contributed by atoms with E-state index >= 15 is 0 Å². The summed E-state index contributed by atoms with van der Waals surface area (Å²) in [6.45, 7) is 2.19. The quantitative estimate of drug-likeness (QED) is 0.818. The number of hydrogen-bond donors (Lipinski definition) is 1. The molecule has 0 radical (unpaired) electrons. The first-order valence-electron chi connectivity index (χ1n) is 7.23. The fourth-order valence-electron chi connectivity index (χ4n) is 2.51. The van der Waals surface area contributed by atoms with Crippen LogP contribution in [0.4, 0.5) is 0 Å². The van der Waals surface area contributed by atoms with E-state index in [1.165, 1.54) is 19.3 Å². The number of amides is 1. The molecule has 2 atom stereocenters. The summed E-state index contributed by atoms with van der Waals surface area (Å²) in [5, 5.41) is 3.83. The van der Waals surface area contributed by atoms with E-state index in [-0.39, 0.29) is 5.91 Å². The third-order valence-corrected chi connectivity index (χ3v) is 5.79. The summed E-state index contributed by atoms with van der Waals surface area (Å²) in [6.07, 6.45) is 8.42. The molecule has 0 saturated heterocycles. The highest BCUT2D eigenvalue weighted by Crippen LogP contribution is 2.28. The van der Waals surface area contributed by atoms with E-state index in [4.69, 9.17) is 0 Å². The Morgan fingerprint density at radius 2 is 2.10 bits per heavy atom. The maximum absolute atomic E-state index is 12.1. The SMILES string of the molecule is CCS[C@@H]1CCCC[C@H]1NC(=O)CSc1ccncc1. The summed E-state index contributed by atoms with van der Waals surface area (Å²) in [4.78, 5) is 17.2. The number of pyridine rings is 1. The van der Waals surface area contributed by atoms with Crippen LogP contribution in [0.25, 0.3) is 0 Å². The Morgan fingerprint density at radius 1 is 1.35 bits per heavy atom. The van der Waals surface area contributed by atoms with Gasteiger partial charge in [-0.05, 0) is 30.7 Å². The van der Waals surface area contributed by atoms with Gasteiger partial charge in [-0.25, -0.2) is 0 Å². The number of nitrogens with zero attached hydrogens (tertiary/aromatic N) is 1. The van der Waals surface area contributed by atoms with Crippen LogP contribution in [0.3, 0.4) is 0 Å². The van der Waals surface area contributed by atoms with Crippen molar-refractivity contribution in [3.8, 4) is 0 Å². The molecule has 1 N–H and O–H groups in total. The van der Waals surface area contributed by atoms with E-state index in [2.05, 4.69) is 17.2 Å². The normalized spacial score (nSPS) is 22.4. The van der Waals surface area contributed by atoms with E-state index in [1.807, 2.05) is 23.9 Å². The van der Waals surface area contributed by atoms with E-state index in [0.717, 1.165) is 17.1 Å². The minimum atomic E-state index is 0.153. The average Bonchev–Trinajstić information content (AvgIpc) is 2.49. The van der Waals surface area contributed by atoms with Crippen LogP contribution < -0.4 is 5.32 Å². The summed E-state index contributed by atoms with van der Waals surface area (Å²) < 4.78 is 0. The minimum Gasteiger partial charge on any atom is -0.352 e. The van der Waals surface area contributed by atoms with Crippen LogP contribution in [-0.4, -0.2) is 33.7 Å². The zero-order chi connectivity index (χ0) is 14.2. The standard InChI is InChI=1S/C15H22N2OS2/c1-2-19-14-6-4-3-5-13(14)17-15(18)11-20-12-7-9-16-10-8-12/h7-10,13-14H,2-6,11H2,1H3,(H,17,18)/t13-,14-/m1/s1. The first-order valence-corrected chi connectivity index (χ1v) is 9.27. The van der Waals surface area contributed by atoms with E-state index in [9.17, 15) is 4.79 Å². The molecule has 1 saturated carbocycles. The lowest BCUT2D eigenvalue weighted by Gasteiger charge is -2.31. The Balaban J connectivity index is 1.78. The van der Waals surface area contributed by atoms with Gasteiger partial charge in [0.25, 0.3) is 0 Å². The molecular formula is C15H22N2OS2. The molecule has 3 nitrogen and oxygen atoms in total. The second kappa shape index (κ2) is 8.57. The highest BCUT2D eigenvalue weighted by molar-refractivity contribution is 8.00. The molecule has 20 heavy (non-hydrogen) atoms. The van der Waals surface area contributed by atoms with Crippen LogP contribution in [-0.2, 0) is 4.79 Å². The van der Waals surface area contributed by atoms with Crippen molar-refractivity contribution < 1.29 is 4.79 Å². The van der Waals surface area contributed by atoms with Gasteiger partial charge in [0.1, 0.15) is 0 Å². The third kappa shape index (κ3) is 5.02. The van der Waals surface area contributed by atoms with Crippen LogP contribution in [0.15, 0.2) is 29.4 Å². The maximum Gasteiger partial charge on any atom is 0.230 e. The monoisotopic (exact) mass is 310 g/mol. The largest absolute Gasteiger partial charge is 0.352 e. The maximum atomic E-state index is 12.1. The zero-order valence-corrected chi connectivity index (χ0v) is 13.5. The number of thioether (sulfide) groups is 2. The molecule has 0 aliphatic heterocycles. The van der Waals surface area contributed by atoms with Gasteiger partial charge in [-0.3, -0.25) is 9.78 Å². The topological polar surface area (TPSA) is 42.0 Å². The fraction of sp³-hybridized carbons (Fsp3) is 0.600. The summed E-state index contributed by atoms with van der Waals surface area (Å²) >= 11 is 3.56. The van der Waals surface area contributed by atoms with Crippen molar-refractivity contribution in [2.24, 2.45) is 0 Å². The Labute approximate surface area is 129 Å². The van der Waals surface area contributed by atoms with Crippen molar-refractivity contribution in [3.63, 3.8) is 0 Å². The molecule has 1 amide bonds. The third-order valence-electron chi connectivity index (χ3n) is 3.45. The van der Waals surface area contributed by atoms with Crippen molar-refractivity contribution in [3.05, 3.63) is 24.5 Å². The summed E-state index contributed by atoms with van der Waals surface area (Å²) in [5.41, 5.74) is 0. The molecule has 5 heteroatoms. The first-order chi connectivity index (χ1) is 9.79. The Kier molecular flexibility index (Phi) is 6.73. The predicted octanol–water partition coefficient (Wildman–Crippen LogP) is 3.35. The number of carbonyl (C=O) groups is 1. The highest BCUT2D eigenvalue weighted by atomic mass is 32.2. The molecule has 0 unspecified atom stereocenters. The van der Waals surface area contributed by atoms with Crippen LogP contribution in [0.5, 0.6) is 0 Å². The van der Waals surface area contributed by atoms with Gasteiger partial charge in [-0.1, -0.05) is 19.8 Å². The van der Waals surface area contributed by atoms with Gasteiger partial charge in [-0.2, -0.15) is 11.8 Å². The summed E-state index contributed by atoms with van der Waals surface area (Å²) in [7, 11) is 0. The van der Waals surface area contributed by atoms with Crippen molar-refractivity contribution in [1.29, 1.82) is 0 Å². The van der Waals surface area contributed by atoms with Gasteiger partial charge < -0.3 is 5.32 Å². The van der Waals surface area contributed by atoms with Gasteiger partial charge >= 0.3 is 0 Å². The second-order valence-corrected chi connectivity index (χ2v) is 7.49. The van der Waals surface area contributed by atoms with Gasteiger partial charge in [-0.15, -0.1) is 11.8 Å². The smallest absolute Gasteiger partial charge is 0.230 e. The van der Waals surface area contributed by atoms with Crippen LogP contribution in [0.1, 0.15) is 32.6 Å². The molecular weight excluding hydrogens is 288 g/mol. The highest BCUT2D eigenvalue weighted by Gasteiger charge is 2.26. The van der Waals surface area contributed by atoms with Crippen LogP contribution in [0, 0.1) is 0 Å². The molecule has 1 heterocycles. The van der Waals surface area contributed by atoms with Gasteiger partial charge in [0, 0.05) is 28.6 Å². The Hall–Kier alpha value is -0.680. The van der Waals surface area contributed by atoms with Crippen molar-refractivity contribution >= 4 is 29.4 Å². The first kappa shape index (κ1) is 15.7. The predicted molar refractivity (Wildman–Crippen MR) is 87.3 cm³/mol. The molecule has 1 aromatic heterocycles. The van der Waals surface area contributed by atoms with E-state index < -0.39 is 0 Å². The molecule has 110 valence electrons. The average molecular weight is 310 g/mol. The van der Waals surface area contributed by atoms with Gasteiger partial charge in [0.2, 0.25) is 5.91 Å². The Morgan fingerprint density at radius 3 is 2.85 bits per heavy atom. The number of rotatable bonds is 6. The molecule has 1 aliphatic carbocycles. The van der Waals surface area contributed by atoms with Crippen LogP contribution in [0.2, 0.25) is 0 Å².